The van der Waals surface area contributed by atoms with Crippen molar-refractivity contribution >= 4 is 0 Å². The normalized spacial score (nSPS) is 38.7. The van der Waals surface area contributed by atoms with Crippen LogP contribution in [0.15, 0.2) is 0 Å². The van der Waals surface area contributed by atoms with Crippen molar-refractivity contribution in [3.8, 4) is 0 Å². The molecule has 19 heavy (non-hydrogen) atoms. The van der Waals surface area contributed by atoms with E-state index in [2.05, 4.69) is 31.0 Å². The van der Waals surface area contributed by atoms with E-state index in [0.717, 1.165) is 17.9 Å². The van der Waals surface area contributed by atoms with Gasteiger partial charge in [0.05, 0.1) is 0 Å². The van der Waals surface area contributed by atoms with E-state index in [9.17, 15) is 0 Å². The molecule has 0 bridgehead atoms. The minimum atomic E-state index is 0.693. The molecule has 4 atom stereocenters. The Morgan fingerprint density at radius 3 is 2.58 bits per heavy atom. The molecule has 4 unspecified atom stereocenters. The molecular formula is C17H34N2. The molecule has 1 N–H and O–H groups in total. The summed E-state index contributed by atoms with van der Waals surface area (Å²) in [4.78, 5) is 2.77. The van der Waals surface area contributed by atoms with Gasteiger partial charge in [0.15, 0.2) is 0 Å². The lowest BCUT2D eigenvalue weighted by molar-refractivity contribution is 0.155. The average Bonchev–Trinajstić information content (AvgIpc) is 2.38. The molecule has 2 rings (SSSR count). The standard InChI is InChI=1S/C17H34N2/c1-4-17-9-11-19(10-8-15(3)18-17)13-16-7-5-6-14(2)12-16/h14-18H,4-13H2,1-3H3. The topological polar surface area (TPSA) is 15.3 Å². The van der Waals surface area contributed by atoms with Gasteiger partial charge in [0.25, 0.3) is 0 Å². The molecule has 112 valence electrons. The zero-order chi connectivity index (χ0) is 13.7. The minimum absolute atomic E-state index is 0.693. The van der Waals surface area contributed by atoms with Gasteiger partial charge in [-0.15, -0.1) is 0 Å². The van der Waals surface area contributed by atoms with Crippen LogP contribution in [0.5, 0.6) is 0 Å². The Bertz CT molecular complexity index is 254. The maximum absolute atomic E-state index is 3.77. The van der Waals surface area contributed by atoms with Crippen molar-refractivity contribution in [1.29, 1.82) is 0 Å². The fourth-order valence-corrected chi connectivity index (χ4v) is 3.99. The number of nitrogens with one attached hydrogen (secondary N) is 1. The minimum Gasteiger partial charge on any atom is -0.311 e. The third-order valence-corrected chi connectivity index (χ3v) is 5.25. The first-order valence-corrected chi connectivity index (χ1v) is 8.65. The number of hydrogen-bond donors (Lipinski definition) is 1. The van der Waals surface area contributed by atoms with Crippen LogP contribution in [-0.2, 0) is 0 Å². The zero-order valence-corrected chi connectivity index (χ0v) is 13.3. The Labute approximate surface area is 120 Å². The molecule has 2 nitrogen and oxygen atoms in total. The number of nitrogens with zero attached hydrogens (tertiary/aromatic N) is 1. The molecule has 0 aromatic carbocycles. The van der Waals surface area contributed by atoms with Crippen molar-refractivity contribution in [2.75, 3.05) is 19.6 Å². The fourth-order valence-electron chi connectivity index (χ4n) is 3.99. The van der Waals surface area contributed by atoms with Crippen LogP contribution < -0.4 is 5.32 Å². The molecule has 0 amide bonds. The average molecular weight is 266 g/mol. The van der Waals surface area contributed by atoms with E-state index >= 15 is 0 Å². The van der Waals surface area contributed by atoms with Crippen LogP contribution >= 0.6 is 0 Å². The summed E-state index contributed by atoms with van der Waals surface area (Å²) < 4.78 is 0. The lowest BCUT2D eigenvalue weighted by atomic mass is 9.82. The molecule has 2 aliphatic rings. The van der Waals surface area contributed by atoms with E-state index in [1.54, 1.807) is 0 Å². The molecule has 1 aliphatic heterocycles. The van der Waals surface area contributed by atoms with Gasteiger partial charge in [0.1, 0.15) is 0 Å². The van der Waals surface area contributed by atoms with E-state index in [1.807, 2.05) is 0 Å². The molecule has 1 aliphatic carbocycles. The maximum atomic E-state index is 3.77. The summed E-state index contributed by atoms with van der Waals surface area (Å²) in [5.74, 6) is 1.95. The summed E-state index contributed by atoms with van der Waals surface area (Å²) in [6.07, 6.45) is 9.82. The van der Waals surface area contributed by atoms with Gasteiger partial charge in [-0.3, -0.25) is 0 Å². The van der Waals surface area contributed by atoms with Gasteiger partial charge in [0.2, 0.25) is 0 Å². The lowest BCUT2D eigenvalue weighted by Gasteiger charge is -2.36. The molecule has 0 radical (unpaired) electrons. The first-order chi connectivity index (χ1) is 9.17. The first-order valence-electron chi connectivity index (χ1n) is 8.65. The highest BCUT2D eigenvalue weighted by molar-refractivity contribution is 4.79. The molecular weight excluding hydrogens is 232 g/mol. The maximum Gasteiger partial charge on any atom is 0.00790 e. The molecule has 2 fully saturated rings. The molecule has 1 saturated carbocycles. The second-order valence-corrected chi connectivity index (χ2v) is 7.19. The van der Waals surface area contributed by atoms with Crippen LogP contribution in [0.25, 0.3) is 0 Å². The fraction of sp³-hybridized carbons (Fsp3) is 1.00. The molecule has 0 aromatic rings. The SMILES string of the molecule is CCC1CCN(CC2CCCC(C)C2)CCC(C)N1. The lowest BCUT2D eigenvalue weighted by Crippen LogP contribution is -2.45. The van der Waals surface area contributed by atoms with Crippen LogP contribution in [0.3, 0.4) is 0 Å². The van der Waals surface area contributed by atoms with Crippen molar-refractivity contribution in [3.05, 3.63) is 0 Å². The quantitative estimate of drug-likeness (QED) is 0.838. The summed E-state index contributed by atoms with van der Waals surface area (Å²) in [7, 11) is 0. The van der Waals surface area contributed by atoms with Crippen LogP contribution in [0.1, 0.15) is 65.7 Å². The highest BCUT2D eigenvalue weighted by Gasteiger charge is 2.23. The molecule has 1 saturated heterocycles. The Morgan fingerprint density at radius 2 is 1.84 bits per heavy atom. The van der Waals surface area contributed by atoms with Crippen molar-refractivity contribution in [3.63, 3.8) is 0 Å². The second kappa shape index (κ2) is 7.64. The van der Waals surface area contributed by atoms with Crippen LogP contribution in [0.2, 0.25) is 0 Å². The highest BCUT2D eigenvalue weighted by Crippen LogP contribution is 2.29. The van der Waals surface area contributed by atoms with Gasteiger partial charge in [-0.2, -0.15) is 0 Å². The van der Waals surface area contributed by atoms with Crippen LogP contribution in [0, 0.1) is 11.8 Å². The van der Waals surface area contributed by atoms with Crippen molar-refractivity contribution < 1.29 is 0 Å². The van der Waals surface area contributed by atoms with E-state index in [1.165, 1.54) is 64.6 Å². The summed E-state index contributed by atoms with van der Waals surface area (Å²) in [5.41, 5.74) is 0. The Morgan fingerprint density at radius 1 is 1.05 bits per heavy atom. The third-order valence-electron chi connectivity index (χ3n) is 5.25. The highest BCUT2D eigenvalue weighted by atomic mass is 15.1. The van der Waals surface area contributed by atoms with E-state index in [-0.39, 0.29) is 0 Å². The van der Waals surface area contributed by atoms with Gasteiger partial charge in [-0.05, 0) is 64.0 Å². The van der Waals surface area contributed by atoms with Gasteiger partial charge in [-0.1, -0.05) is 26.7 Å². The Balaban J connectivity index is 1.81. The Kier molecular flexibility index (Phi) is 6.15. The molecule has 0 spiro atoms. The van der Waals surface area contributed by atoms with Gasteiger partial charge in [0, 0.05) is 18.6 Å². The van der Waals surface area contributed by atoms with Gasteiger partial charge < -0.3 is 10.2 Å². The molecule has 2 heteroatoms. The summed E-state index contributed by atoms with van der Waals surface area (Å²) in [6, 6.07) is 1.43. The predicted molar refractivity (Wildman–Crippen MR) is 83.5 cm³/mol. The summed E-state index contributed by atoms with van der Waals surface area (Å²) in [6.45, 7) is 11.1. The van der Waals surface area contributed by atoms with Crippen LogP contribution in [-0.4, -0.2) is 36.6 Å². The van der Waals surface area contributed by atoms with Crippen LogP contribution in [0.4, 0.5) is 0 Å². The molecule has 1 heterocycles. The van der Waals surface area contributed by atoms with Crippen molar-refractivity contribution in [2.24, 2.45) is 11.8 Å². The van der Waals surface area contributed by atoms with Crippen molar-refractivity contribution in [1.82, 2.24) is 10.2 Å². The van der Waals surface area contributed by atoms with Crippen molar-refractivity contribution in [2.45, 2.75) is 77.8 Å². The second-order valence-electron chi connectivity index (χ2n) is 7.19. The largest absolute Gasteiger partial charge is 0.311 e. The third kappa shape index (κ3) is 5.07. The number of hydrogen-bond acceptors (Lipinski definition) is 2. The van der Waals surface area contributed by atoms with Gasteiger partial charge in [-0.25, -0.2) is 0 Å². The Hall–Kier alpha value is -0.0800. The summed E-state index contributed by atoms with van der Waals surface area (Å²) in [5, 5.41) is 3.77. The van der Waals surface area contributed by atoms with E-state index in [4.69, 9.17) is 0 Å². The monoisotopic (exact) mass is 266 g/mol. The first kappa shape index (κ1) is 15.3. The smallest absolute Gasteiger partial charge is 0.00790 e. The van der Waals surface area contributed by atoms with Gasteiger partial charge >= 0.3 is 0 Å². The zero-order valence-electron chi connectivity index (χ0n) is 13.3. The van der Waals surface area contributed by atoms with E-state index < -0.39 is 0 Å². The summed E-state index contributed by atoms with van der Waals surface area (Å²) >= 11 is 0. The number of rotatable bonds is 3. The molecule has 0 aromatic heterocycles. The predicted octanol–water partition coefficient (Wildman–Crippen LogP) is 3.67. The van der Waals surface area contributed by atoms with E-state index in [0.29, 0.717) is 6.04 Å².